The molecule has 20 heavy (non-hydrogen) atoms. The molecule has 1 heterocycles. The Morgan fingerprint density at radius 3 is 2.75 bits per heavy atom. The third kappa shape index (κ3) is 3.01. The number of hydrogen-bond acceptors (Lipinski definition) is 2. The molecule has 1 aliphatic heterocycles. The van der Waals surface area contributed by atoms with E-state index in [-0.39, 0.29) is 0 Å². The molecule has 0 spiro atoms. The van der Waals surface area contributed by atoms with Crippen LogP contribution in [0.3, 0.4) is 0 Å². The van der Waals surface area contributed by atoms with Gasteiger partial charge in [-0.25, -0.2) is 0 Å². The summed E-state index contributed by atoms with van der Waals surface area (Å²) in [6.45, 7) is 2.15. The fourth-order valence-corrected chi connectivity index (χ4v) is 3.88. The van der Waals surface area contributed by atoms with Gasteiger partial charge in [-0.15, -0.1) is 0 Å². The topological polar surface area (TPSA) is 21.3 Å². The van der Waals surface area contributed by atoms with Gasteiger partial charge in [0.25, 0.3) is 0 Å². The average molecular weight is 273 g/mol. The second kappa shape index (κ2) is 6.17. The Labute approximate surface area is 122 Å². The molecule has 1 saturated carbocycles. The van der Waals surface area contributed by atoms with E-state index in [0.29, 0.717) is 12.1 Å². The van der Waals surface area contributed by atoms with Crippen molar-refractivity contribution >= 4 is 0 Å². The molecule has 2 heteroatoms. The second-order valence-corrected chi connectivity index (χ2v) is 6.60. The first kappa shape index (κ1) is 13.9. The lowest BCUT2D eigenvalue weighted by Crippen LogP contribution is -2.33. The van der Waals surface area contributed by atoms with E-state index in [9.17, 15) is 0 Å². The summed E-state index contributed by atoms with van der Waals surface area (Å²) in [5.41, 5.74) is 2.66. The van der Waals surface area contributed by atoms with Crippen molar-refractivity contribution in [3.63, 3.8) is 0 Å². The van der Waals surface area contributed by atoms with E-state index >= 15 is 0 Å². The number of benzene rings is 1. The largest absolute Gasteiger partial charge is 0.490 e. The summed E-state index contributed by atoms with van der Waals surface area (Å²) in [6.07, 6.45) is 9.84. The molecule has 1 N–H and O–H groups in total. The van der Waals surface area contributed by atoms with Crippen LogP contribution in [0.25, 0.3) is 0 Å². The van der Waals surface area contributed by atoms with Crippen LogP contribution < -0.4 is 10.1 Å². The van der Waals surface area contributed by atoms with Gasteiger partial charge < -0.3 is 10.1 Å². The zero-order valence-electron chi connectivity index (χ0n) is 12.8. The summed E-state index contributed by atoms with van der Waals surface area (Å²) >= 11 is 0. The fourth-order valence-electron chi connectivity index (χ4n) is 3.88. The SMILES string of the molecule is CNC1CC(CC2CCCCC2)Oc2ccc(C)cc21. The van der Waals surface area contributed by atoms with Crippen molar-refractivity contribution in [1.29, 1.82) is 0 Å². The number of ether oxygens (including phenoxy) is 1. The molecular formula is C18H27NO. The molecule has 1 aliphatic carbocycles. The van der Waals surface area contributed by atoms with E-state index < -0.39 is 0 Å². The Morgan fingerprint density at radius 1 is 1.20 bits per heavy atom. The lowest BCUT2D eigenvalue weighted by molar-refractivity contribution is 0.115. The van der Waals surface area contributed by atoms with E-state index in [2.05, 4.69) is 37.5 Å². The molecule has 0 saturated heterocycles. The minimum Gasteiger partial charge on any atom is -0.490 e. The van der Waals surface area contributed by atoms with Crippen molar-refractivity contribution in [3.05, 3.63) is 29.3 Å². The van der Waals surface area contributed by atoms with Gasteiger partial charge in [-0.3, -0.25) is 0 Å². The van der Waals surface area contributed by atoms with Crippen LogP contribution in [0.4, 0.5) is 0 Å². The molecule has 1 fully saturated rings. The third-order valence-corrected chi connectivity index (χ3v) is 5.00. The van der Waals surface area contributed by atoms with Gasteiger partial charge in [0.15, 0.2) is 0 Å². The van der Waals surface area contributed by atoms with Crippen LogP contribution in [0.5, 0.6) is 5.75 Å². The predicted molar refractivity (Wildman–Crippen MR) is 83.2 cm³/mol. The lowest BCUT2D eigenvalue weighted by atomic mass is 9.83. The van der Waals surface area contributed by atoms with Gasteiger partial charge >= 0.3 is 0 Å². The zero-order chi connectivity index (χ0) is 13.9. The van der Waals surface area contributed by atoms with E-state index in [0.717, 1.165) is 18.1 Å². The zero-order valence-corrected chi connectivity index (χ0v) is 12.8. The Morgan fingerprint density at radius 2 is 2.00 bits per heavy atom. The van der Waals surface area contributed by atoms with Crippen LogP contribution in [0, 0.1) is 12.8 Å². The van der Waals surface area contributed by atoms with Gasteiger partial charge in [0.1, 0.15) is 11.9 Å². The smallest absolute Gasteiger partial charge is 0.124 e. The predicted octanol–water partition coefficient (Wildman–Crippen LogP) is 4.38. The van der Waals surface area contributed by atoms with Gasteiger partial charge in [-0.05, 0) is 32.4 Å². The summed E-state index contributed by atoms with van der Waals surface area (Å²) in [4.78, 5) is 0. The lowest BCUT2D eigenvalue weighted by Gasteiger charge is -2.35. The molecule has 2 unspecified atom stereocenters. The van der Waals surface area contributed by atoms with Crippen LogP contribution in [0.15, 0.2) is 18.2 Å². The Kier molecular flexibility index (Phi) is 4.30. The highest BCUT2D eigenvalue weighted by atomic mass is 16.5. The van der Waals surface area contributed by atoms with E-state index in [1.54, 1.807) is 0 Å². The quantitative estimate of drug-likeness (QED) is 0.882. The molecule has 2 nitrogen and oxygen atoms in total. The van der Waals surface area contributed by atoms with Crippen LogP contribution in [0.2, 0.25) is 0 Å². The minimum atomic E-state index is 0.394. The molecule has 0 amide bonds. The standard InChI is InChI=1S/C18H27NO/c1-13-8-9-18-16(10-13)17(19-2)12-15(20-18)11-14-6-4-3-5-7-14/h8-10,14-15,17,19H,3-7,11-12H2,1-2H3. The van der Waals surface area contributed by atoms with Gasteiger partial charge in [0.05, 0.1) is 0 Å². The Balaban J connectivity index is 1.71. The minimum absolute atomic E-state index is 0.394. The maximum absolute atomic E-state index is 6.28. The van der Waals surface area contributed by atoms with Gasteiger partial charge in [0, 0.05) is 18.0 Å². The van der Waals surface area contributed by atoms with Crippen molar-refractivity contribution < 1.29 is 4.74 Å². The van der Waals surface area contributed by atoms with Crippen molar-refractivity contribution in [2.24, 2.45) is 5.92 Å². The summed E-state index contributed by atoms with van der Waals surface area (Å²) in [5, 5.41) is 3.47. The maximum atomic E-state index is 6.28. The van der Waals surface area contributed by atoms with Crippen LogP contribution in [-0.2, 0) is 0 Å². The molecular weight excluding hydrogens is 246 g/mol. The molecule has 0 bridgehead atoms. The highest BCUT2D eigenvalue weighted by molar-refractivity contribution is 5.40. The monoisotopic (exact) mass is 273 g/mol. The van der Waals surface area contributed by atoms with Gasteiger partial charge in [-0.1, -0.05) is 49.8 Å². The summed E-state index contributed by atoms with van der Waals surface area (Å²) in [6, 6.07) is 7.04. The first-order valence-corrected chi connectivity index (χ1v) is 8.20. The average Bonchev–Trinajstić information content (AvgIpc) is 2.48. The van der Waals surface area contributed by atoms with Crippen molar-refractivity contribution in [2.75, 3.05) is 7.05 Å². The van der Waals surface area contributed by atoms with Gasteiger partial charge in [-0.2, -0.15) is 0 Å². The fraction of sp³-hybridized carbons (Fsp3) is 0.667. The molecule has 1 aromatic carbocycles. The maximum Gasteiger partial charge on any atom is 0.124 e. The third-order valence-electron chi connectivity index (χ3n) is 5.00. The second-order valence-electron chi connectivity index (χ2n) is 6.60. The van der Waals surface area contributed by atoms with Crippen LogP contribution in [0.1, 0.15) is 62.1 Å². The van der Waals surface area contributed by atoms with Crippen LogP contribution in [-0.4, -0.2) is 13.2 Å². The Bertz CT molecular complexity index is 451. The molecule has 0 aromatic heterocycles. The normalized spacial score (nSPS) is 26.9. The molecule has 110 valence electrons. The Hall–Kier alpha value is -1.02. The molecule has 3 rings (SSSR count). The van der Waals surface area contributed by atoms with Crippen molar-refractivity contribution in [3.8, 4) is 5.75 Å². The van der Waals surface area contributed by atoms with E-state index in [4.69, 9.17) is 4.74 Å². The molecule has 2 atom stereocenters. The number of hydrogen-bond donors (Lipinski definition) is 1. The van der Waals surface area contributed by atoms with E-state index in [1.807, 2.05) is 0 Å². The van der Waals surface area contributed by atoms with Crippen molar-refractivity contribution in [2.45, 2.75) is 64.0 Å². The highest BCUT2D eigenvalue weighted by Crippen LogP contribution is 2.38. The first-order chi connectivity index (χ1) is 9.76. The molecule has 2 aliphatic rings. The van der Waals surface area contributed by atoms with Crippen molar-refractivity contribution in [1.82, 2.24) is 5.32 Å². The van der Waals surface area contributed by atoms with Crippen LogP contribution >= 0.6 is 0 Å². The summed E-state index contributed by atoms with van der Waals surface area (Å²) in [5.74, 6) is 1.99. The first-order valence-electron chi connectivity index (χ1n) is 8.20. The molecule has 0 radical (unpaired) electrons. The highest BCUT2D eigenvalue weighted by Gasteiger charge is 2.29. The summed E-state index contributed by atoms with van der Waals surface area (Å²) < 4.78 is 6.28. The number of aryl methyl sites for hydroxylation is 1. The van der Waals surface area contributed by atoms with E-state index in [1.165, 1.54) is 49.7 Å². The number of fused-ring (bicyclic) bond motifs is 1. The molecule has 1 aromatic rings. The number of nitrogens with one attached hydrogen (secondary N) is 1. The van der Waals surface area contributed by atoms with Gasteiger partial charge in [0.2, 0.25) is 0 Å². The number of rotatable bonds is 3. The summed E-state index contributed by atoms with van der Waals surface area (Å²) in [7, 11) is 2.07.